The second kappa shape index (κ2) is 6.51. The minimum absolute atomic E-state index is 0.179. The van der Waals surface area contributed by atoms with E-state index in [2.05, 4.69) is 27.8 Å². The second-order valence-electron chi connectivity index (χ2n) is 4.21. The van der Waals surface area contributed by atoms with E-state index in [1.807, 2.05) is 49.5 Å². The molecule has 0 amide bonds. The molecule has 0 bridgehead atoms. The average molecular weight is 383 g/mol. The Morgan fingerprint density at radius 2 is 1.65 bits per heavy atom. The van der Waals surface area contributed by atoms with Crippen LogP contribution in [-0.2, 0) is 38.4 Å². The van der Waals surface area contributed by atoms with Gasteiger partial charge in [-0.1, -0.05) is 0 Å². The summed E-state index contributed by atoms with van der Waals surface area (Å²) in [5, 5.41) is 3.11. The Labute approximate surface area is 130 Å². The average Bonchev–Trinajstić information content (AvgIpc) is 2.47. The minimum atomic E-state index is -3.61. The zero-order valence-electron chi connectivity index (χ0n) is 10.8. The van der Waals surface area contributed by atoms with Gasteiger partial charge in [-0.2, -0.15) is 0 Å². The Balaban J connectivity index is 2.53. The number of rotatable bonds is 5. The van der Waals surface area contributed by atoms with E-state index in [9.17, 15) is 8.42 Å². The number of benzene rings is 2. The molecule has 0 aromatic heterocycles. The van der Waals surface area contributed by atoms with Crippen molar-refractivity contribution in [1.82, 2.24) is 0 Å². The molecule has 0 spiro atoms. The fourth-order valence-corrected chi connectivity index (χ4v) is 3.00. The fraction of sp³-hybridized carbons (Fsp3) is 0.143. The Hall–Kier alpha value is -1.19. The van der Waals surface area contributed by atoms with Crippen LogP contribution in [0.1, 0.15) is 5.56 Å². The molecule has 0 fully saturated rings. The van der Waals surface area contributed by atoms with Crippen molar-refractivity contribution in [2.24, 2.45) is 0 Å². The topological polar surface area (TPSA) is 55.4 Å². The molecular formula is C14H14NO3PdS+. The van der Waals surface area contributed by atoms with Gasteiger partial charge in [0.15, 0.2) is 0 Å². The molecule has 0 saturated carbocycles. The maximum atomic E-state index is 11.6. The van der Waals surface area contributed by atoms with Gasteiger partial charge in [0.05, 0.1) is 0 Å². The molecule has 0 radical (unpaired) electrons. The van der Waals surface area contributed by atoms with Gasteiger partial charge < -0.3 is 0 Å². The summed E-state index contributed by atoms with van der Waals surface area (Å²) in [6.07, 6.45) is 0. The van der Waals surface area contributed by atoms with E-state index in [1.54, 1.807) is 6.07 Å². The molecule has 0 heterocycles. The van der Waals surface area contributed by atoms with Crippen molar-refractivity contribution in [3.63, 3.8) is 0 Å². The standard InChI is InChI=1S/C14H15NO3S.Pd/c1-15-14-9-5-4-8-13(14)12-7-3-2-6-11(12)10-19(16,17)18;/h2-9,15H,10H2,1H3,(H,16,17,18);/q;+2/p-1. The number of hydrogen-bond acceptors (Lipinski definition) is 4. The van der Waals surface area contributed by atoms with E-state index in [0.29, 0.717) is 5.56 Å². The molecule has 4 nitrogen and oxygen atoms in total. The number of hydrogen-bond donors (Lipinski definition) is 1. The third kappa shape index (κ3) is 3.47. The van der Waals surface area contributed by atoms with Gasteiger partial charge in [0.1, 0.15) is 0 Å². The summed E-state index contributed by atoms with van der Waals surface area (Å²) in [6, 6.07) is 15.1. The Morgan fingerprint density at radius 1 is 1.05 bits per heavy atom. The van der Waals surface area contributed by atoms with E-state index in [1.165, 1.54) is 0 Å². The molecule has 0 atom stereocenters. The molecule has 2 aromatic rings. The van der Waals surface area contributed by atoms with Crippen molar-refractivity contribution in [2.75, 3.05) is 12.4 Å². The Morgan fingerprint density at radius 3 is 2.30 bits per heavy atom. The van der Waals surface area contributed by atoms with Gasteiger partial charge in [0, 0.05) is 0 Å². The van der Waals surface area contributed by atoms with Crippen molar-refractivity contribution in [3.05, 3.63) is 54.1 Å². The van der Waals surface area contributed by atoms with Gasteiger partial charge in [-0.25, -0.2) is 0 Å². The molecule has 0 aliphatic carbocycles. The summed E-state index contributed by atoms with van der Waals surface area (Å²) in [7, 11) is -1.78. The second-order valence-corrected chi connectivity index (χ2v) is 6.49. The first-order chi connectivity index (χ1) is 9.57. The summed E-state index contributed by atoms with van der Waals surface area (Å²) >= 11 is 2.27. The van der Waals surface area contributed by atoms with Gasteiger partial charge >= 0.3 is 130 Å². The van der Waals surface area contributed by atoms with E-state index < -0.39 is 10.1 Å². The van der Waals surface area contributed by atoms with Crippen LogP contribution in [0.5, 0.6) is 0 Å². The zero-order chi connectivity index (χ0) is 14.6. The SMILES string of the molecule is CNc1ccccc1-c1ccccc1CS(=O)(=O)[O][Pd+]. The van der Waals surface area contributed by atoms with Crippen LogP contribution in [0.3, 0.4) is 0 Å². The van der Waals surface area contributed by atoms with Crippen LogP contribution < -0.4 is 5.32 Å². The molecule has 20 heavy (non-hydrogen) atoms. The first kappa shape index (κ1) is 15.2. The number of nitrogens with one attached hydrogen (secondary N) is 1. The van der Waals surface area contributed by atoms with Gasteiger partial charge in [0.25, 0.3) is 0 Å². The number of para-hydroxylation sites is 1. The summed E-state index contributed by atoms with van der Waals surface area (Å²) < 4.78 is 27.7. The van der Waals surface area contributed by atoms with E-state index >= 15 is 0 Å². The normalized spacial score (nSPS) is 11.3. The van der Waals surface area contributed by atoms with Crippen LogP contribution in [0, 0.1) is 0 Å². The van der Waals surface area contributed by atoms with E-state index in [4.69, 9.17) is 0 Å². The molecule has 1 N–H and O–H groups in total. The quantitative estimate of drug-likeness (QED) is 0.808. The summed E-state index contributed by atoms with van der Waals surface area (Å²) in [6.45, 7) is 0. The summed E-state index contributed by atoms with van der Waals surface area (Å²) in [5.41, 5.74) is 3.47. The molecule has 0 unspecified atom stereocenters. The predicted molar refractivity (Wildman–Crippen MR) is 75.1 cm³/mol. The summed E-state index contributed by atoms with van der Waals surface area (Å²) in [4.78, 5) is 0. The molecular weight excluding hydrogens is 369 g/mol. The Bertz CT molecular complexity index is 701. The molecule has 0 aliphatic rings. The Kier molecular flexibility index (Phi) is 4.95. The van der Waals surface area contributed by atoms with Gasteiger partial charge in [0.2, 0.25) is 0 Å². The van der Waals surface area contributed by atoms with Crippen molar-refractivity contribution in [3.8, 4) is 11.1 Å². The van der Waals surface area contributed by atoms with Gasteiger partial charge in [-0.05, 0) is 0 Å². The molecule has 108 valence electrons. The first-order valence-electron chi connectivity index (χ1n) is 5.93. The van der Waals surface area contributed by atoms with E-state index in [0.717, 1.165) is 16.8 Å². The molecule has 2 aromatic carbocycles. The maximum absolute atomic E-state index is 11.6. The molecule has 6 heteroatoms. The molecule has 0 saturated heterocycles. The van der Waals surface area contributed by atoms with Gasteiger partial charge in [-0.15, -0.1) is 0 Å². The van der Waals surface area contributed by atoms with Crippen LogP contribution in [0.15, 0.2) is 48.5 Å². The van der Waals surface area contributed by atoms with Crippen molar-refractivity contribution < 1.29 is 30.9 Å². The van der Waals surface area contributed by atoms with Crippen LogP contribution in [0.25, 0.3) is 11.1 Å². The molecule has 0 aliphatic heterocycles. The molecule has 2 rings (SSSR count). The number of anilines is 1. The van der Waals surface area contributed by atoms with Crippen LogP contribution in [0.2, 0.25) is 0 Å². The monoisotopic (exact) mass is 382 g/mol. The predicted octanol–water partition coefficient (Wildman–Crippen LogP) is 2.70. The third-order valence-corrected chi connectivity index (χ3v) is 4.93. The fourth-order valence-electron chi connectivity index (χ4n) is 2.05. The van der Waals surface area contributed by atoms with Crippen molar-refractivity contribution >= 4 is 15.8 Å². The van der Waals surface area contributed by atoms with Crippen LogP contribution >= 0.6 is 0 Å². The van der Waals surface area contributed by atoms with E-state index in [-0.39, 0.29) is 5.75 Å². The summed E-state index contributed by atoms with van der Waals surface area (Å²) in [5.74, 6) is -0.179. The van der Waals surface area contributed by atoms with Crippen molar-refractivity contribution in [1.29, 1.82) is 0 Å². The first-order valence-corrected chi connectivity index (χ1v) is 8.14. The third-order valence-electron chi connectivity index (χ3n) is 2.92. The van der Waals surface area contributed by atoms with Crippen LogP contribution in [-0.4, -0.2) is 15.5 Å². The van der Waals surface area contributed by atoms with Crippen LogP contribution in [0.4, 0.5) is 5.69 Å². The zero-order valence-corrected chi connectivity index (χ0v) is 13.1. The van der Waals surface area contributed by atoms with Crippen molar-refractivity contribution in [2.45, 2.75) is 5.75 Å². The van der Waals surface area contributed by atoms with Gasteiger partial charge in [-0.3, -0.25) is 0 Å².